The summed E-state index contributed by atoms with van der Waals surface area (Å²) in [5, 5.41) is 3.31. The molecule has 2 atom stereocenters. The number of methoxy groups -OCH3 is 1. The highest BCUT2D eigenvalue weighted by Gasteiger charge is 2.36. The van der Waals surface area contributed by atoms with Gasteiger partial charge in [0.25, 0.3) is 0 Å². The summed E-state index contributed by atoms with van der Waals surface area (Å²) in [4.78, 5) is 18.6. The third kappa shape index (κ3) is 6.76. The minimum absolute atomic E-state index is 0. The number of esters is 1. The normalized spacial score (nSPS) is 21.2. The van der Waals surface area contributed by atoms with E-state index in [0.29, 0.717) is 6.54 Å². The fraction of sp³-hybridized carbons (Fsp3) is 0.733. The minimum Gasteiger partial charge on any atom is -0.469 e. The van der Waals surface area contributed by atoms with Gasteiger partial charge in [0.1, 0.15) is 0 Å². The second-order valence-corrected chi connectivity index (χ2v) is 6.26. The van der Waals surface area contributed by atoms with Gasteiger partial charge in [0.2, 0.25) is 0 Å². The molecule has 1 N–H and O–H groups in total. The number of nitrogens with zero attached hydrogens (tertiary/aromatic N) is 2. The number of rotatable bonds is 7. The van der Waals surface area contributed by atoms with E-state index < -0.39 is 0 Å². The summed E-state index contributed by atoms with van der Waals surface area (Å²) in [6.07, 6.45) is 1.91. The molecule has 2 unspecified atom stereocenters. The van der Waals surface area contributed by atoms with Crippen molar-refractivity contribution in [2.45, 2.75) is 13.8 Å². The second kappa shape index (κ2) is 12.0. The molecule has 1 fully saturated rings. The molecule has 7 heteroatoms. The van der Waals surface area contributed by atoms with Crippen LogP contribution in [0.15, 0.2) is 17.6 Å². The first kappa shape index (κ1) is 21.6. The molecule has 0 bridgehead atoms. The molecule has 22 heavy (non-hydrogen) atoms. The first-order valence-corrected chi connectivity index (χ1v) is 8.59. The van der Waals surface area contributed by atoms with E-state index >= 15 is 0 Å². The van der Waals surface area contributed by atoms with Crippen molar-refractivity contribution in [3.05, 3.63) is 12.7 Å². The Morgan fingerprint density at radius 3 is 2.86 bits per heavy atom. The van der Waals surface area contributed by atoms with Crippen LogP contribution in [0.5, 0.6) is 0 Å². The second-order valence-electron chi connectivity index (χ2n) is 5.11. The maximum atomic E-state index is 11.8. The molecule has 1 heterocycles. The third-order valence-electron chi connectivity index (χ3n) is 3.48. The Labute approximate surface area is 155 Å². The minimum atomic E-state index is -0.123. The molecular weight excluding hydrogens is 413 g/mol. The Hall–Kier alpha value is -0.440. The van der Waals surface area contributed by atoms with E-state index in [2.05, 4.69) is 35.6 Å². The Balaban J connectivity index is 0.00000441. The number of halogens is 1. The maximum Gasteiger partial charge on any atom is 0.310 e. The maximum absolute atomic E-state index is 11.8. The van der Waals surface area contributed by atoms with Crippen molar-refractivity contribution >= 4 is 47.7 Å². The highest BCUT2D eigenvalue weighted by Crippen LogP contribution is 2.24. The van der Waals surface area contributed by atoms with Crippen LogP contribution in [0, 0.1) is 11.8 Å². The van der Waals surface area contributed by atoms with Crippen molar-refractivity contribution in [2.75, 3.05) is 44.8 Å². The van der Waals surface area contributed by atoms with Crippen LogP contribution in [0.2, 0.25) is 0 Å². The number of ether oxygens (including phenoxy) is 1. The summed E-state index contributed by atoms with van der Waals surface area (Å²) in [6, 6.07) is 0. The van der Waals surface area contributed by atoms with Gasteiger partial charge >= 0.3 is 5.97 Å². The Kier molecular flexibility index (Phi) is 11.8. The van der Waals surface area contributed by atoms with E-state index in [9.17, 15) is 4.79 Å². The third-order valence-corrected chi connectivity index (χ3v) is 4.43. The molecule has 0 aromatic carbocycles. The van der Waals surface area contributed by atoms with Gasteiger partial charge in [-0.2, -0.15) is 11.8 Å². The van der Waals surface area contributed by atoms with Crippen LogP contribution >= 0.6 is 35.7 Å². The average Bonchev–Trinajstić information content (AvgIpc) is 2.87. The predicted octanol–water partition coefficient (Wildman–Crippen LogP) is 2.23. The molecule has 0 aromatic heterocycles. The number of carbonyl (C=O) groups is 1. The Morgan fingerprint density at radius 2 is 2.27 bits per heavy atom. The molecular formula is C15H28IN3O2S. The number of hydrogen-bond acceptors (Lipinski definition) is 4. The number of aliphatic imine (C=N–C) groups is 1. The van der Waals surface area contributed by atoms with Crippen molar-refractivity contribution < 1.29 is 9.53 Å². The number of nitrogens with one attached hydrogen (secondary N) is 1. The zero-order valence-corrected chi connectivity index (χ0v) is 16.9. The lowest BCUT2D eigenvalue weighted by molar-refractivity contribution is -0.145. The van der Waals surface area contributed by atoms with Gasteiger partial charge in [-0.05, 0) is 12.8 Å². The summed E-state index contributed by atoms with van der Waals surface area (Å²) < 4.78 is 4.88. The summed E-state index contributed by atoms with van der Waals surface area (Å²) in [7, 11) is 1.45. The van der Waals surface area contributed by atoms with Gasteiger partial charge < -0.3 is 15.0 Å². The van der Waals surface area contributed by atoms with Crippen molar-refractivity contribution in [3.63, 3.8) is 0 Å². The number of carbonyl (C=O) groups excluding carboxylic acids is 1. The van der Waals surface area contributed by atoms with Crippen molar-refractivity contribution in [1.82, 2.24) is 10.2 Å². The number of guanidine groups is 1. The van der Waals surface area contributed by atoms with Crippen LogP contribution in [0.1, 0.15) is 13.8 Å². The standard InChI is InChI=1S/C15H27N3O2S.HI/c1-5-8-21-9-7-17-15(16-6-2)18-10-12(3)13(11-18)14(19)20-4;/h5,12-13H,1,6-11H2,2-4H3,(H,16,17);1H. The number of hydrogen-bond donors (Lipinski definition) is 1. The van der Waals surface area contributed by atoms with E-state index in [4.69, 9.17) is 4.74 Å². The van der Waals surface area contributed by atoms with Crippen molar-refractivity contribution in [1.29, 1.82) is 0 Å². The monoisotopic (exact) mass is 441 g/mol. The fourth-order valence-corrected chi connectivity index (χ4v) is 2.96. The van der Waals surface area contributed by atoms with Gasteiger partial charge in [0.05, 0.1) is 19.6 Å². The molecule has 0 aromatic rings. The van der Waals surface area contributed by atoms with Gasteiger partial charge in [-0.3, -0.25) is 9.79 Å². The van der Waals surface area contributed by atoms with Crippen LogP contribution in [-0.2, 0) is 9.53 Å². The van der Waals surface area contributed by atoms with E-state index in [1.54, 1.807) is 0 Å². The van der Waals surface area contributed by atoms with Gasteiger partial charge in [-0.15, -0.1) is 30.6 Å². The lowest BCUT2D eigenvalue weighted by Gasteiger charge is -2.21. The van der Waals surface area contributed by atoms with Crippen LogP contribution in [0.3, 0.4) is 0 Å². The molecule has 1 saturated heterocycles. The lowest BCUT2D eigenvalue weighted by Crippen LogP contribution is -2.40. The number of thioether (sulfide) groups is 1. The zero-order chi connectivity index (χ0) is 15.7. The molecule has 1 aliphatic heterocycles. The molecule has 0 saturated carbocycles. The Morgan fingerprint density at radius 1 is 1.55 bits per heavy atom. The van der Waals surface area contributed by atoms with Gasteiger partial charge in [0.15, 0.2) is 5.96 Å². The molecule has 128 valence electrons. The summed E-state index contributed by atoms with van der Waals surface area (Å²) >= 11 is 1.82. The molecule has 0 amide bonds. The van der Waals surface area contributed by atoms with Crippen LogP contribution in [0.4, 0.5) is 0 Å². The van der Waals surface area contributed by atoms with Gasteiger partial charge in [0, 0.05) is 31.1 Å². The number of likely N-dealkylation sites (tertiary alicyclic amines) is 1. The summed E-state index contributed by atoms with van der Waals surface area (Å²) in [5.41, 5.74) is 0. The predicted molar refractivity (Wildman–Crippen MR) is 105 cm³/mol. The van der Waals surface area contributed by atoms with Crippen molar-refractivity contribution in [3.8, 4) is 0 Å². The van der Waals surface area contributed by atoms with E-state index in [1.165, 1.54) is 7.11 Å². The average molecular weight is 441 g/mol. The van der Waals surface area contributed by atoms with Crippen LogP contribution in [-0.4, -0.2) is 61.6 Å². The smallest absolute Gasteiger partial charge is 0.310 e. The lowest BCUT2D eigenvalue weighted by atomic mass is 9.99. The SMILES string of the molecule is C=CCSCCN=C(NCC)N1CC(C)C(C(=O)OC)C1.I. The molecule has 5 nitrogen and oxygen atoms in total. The van der Waals surface area contributed by atoms with E-state index in [0.717, 1.165) is 37.1 Å². The molecule has 1 rings (SSSR count). The first-order chi connectivity index (χ1) is 10.1. The van der Waals surface area contributed by atoms with Crippen LogP contribution in [0.25, 0.3) is 0 Å². The molecule has 0 aliphatic carbocycles. The first-order valence-electron chi connectivity index (χ1n) is 7.43. The van der Waals surface area contributed by atoms with Crippen LogP contribution < -0.4 is 5.32 Å². The van der Waals surface area contributed by atoms with Gasteiger partial charge in [-0.25, -0.2) is 0 Å². The highest BCUT2D eigenvalue weighted by molar-refractivity contribution is 14.0. The van der Waals surface area contributed by atoms with E-state index in [-0.39, 0.29) is 41.8 Å². The molecule has 0 spiro atoms. The zero-order valence-electron chi connectivity index (χ0n) is 13.7. The van der Waals surface area contributed by atoms with Crippen molar-refractivity contribution in [2.24, 2.45) is 16.8 Å². The van der Waals surface area contributed by atoms with Gasteiger partial charge in [-0.1, -0.05) is 13.0 Å². The fourth-order valence-electron chi connectivity index (χ4n) is 2.41. The summed E-state index contributed by atoms with van der Waals surface area (Å²) in [6.45, 7) is 11.0. The Bertz CT molecular complexity index is 380. The molecule has 1 aliphatic rings. The largest absolute Gasteiger partial charge is 0.469 e. The quantitative estimate of drug-likeness (QED) is 0.164. The van der Waals surface area contributed by atoms with E-state index in [1.807, 2.05) is 17.8 Å². The summed E-state index contributed by atoms with van der Waals surface area (Å²) in [5.74, 6) is 2.94. The highest BCUT2D eigenvalue weighted by atomic mass is 127. The topological polar surface area (TPSA) is 53.9 Å². The molecule has 0 radical (unpaired) electrons.